The van der Waals surface area contributed by atoms with Gasteiger partial charge in [0, 0.05) is 6.07 Å². The first-order chi connectivity index (χ1) is 7.10. The molecule has 1 aromatic rings. The zero-order valence-electron chi connectivity index (χ0n) is 9.37. The van der Waals surface area contributed by atoms with Crippen LogP contribution in [0.25, 0.3) is 0 Å². The highest BCUT2D eigenvalue weighted by Gasteiger charge is 2.14. The van der Waals surface area contributed by atoms with Gasteiger partial charge in [0.15, 0.2) is 0 Å². The van der Waals surface area contributed by atoms with Crippen LogP contribution in [-0.2, 0) is 0 Å². The topological polar surface area (TPSA) is 21.5 Å². The summed E-state index contributed by atoms with van der Waals surface area (Å²) < 4.78 is 12.2. The standard InChI is InChI=1S/C11H15ClNO2/c1-13(2)11(12)9-6-5-8(14-3)7-10(9)15-4/h5-7H,1-4H3/q+1. The summed E-state index contributed by atoms with van der Waals surface area (Å²) in [5.41, 5.74) is 0.852. The zero-order valence-corrected chi connectivity index (χ0v) is 10.1. The predicted molar refractivity (Wildman–Crippen MR) is 61.6 cm³/mol. The lowest BCUT2D eigenvalue weighted by atomic mass is 10.2. The van der Waals surface area contributed by atoms with E-state index in [0.29, 0.717) is 10.9 Å². The predicted octanol–water partition coefficient (Wildman–Crippen LogP) is 1.96. The van der Waals surface area contributed by atoms with E-state index in [1.165, 1.54) is 0 Å². The Labute approximate surface area is 94.9 Å². The third-order valence-corrected chi connectivity index (χ3v) is 2.57. The largest absolute Gasteiger partial charge is 0.497 e. The molecule has 0 saturated carbocycles. The quantitative estimate of drug-likeness (QED) is 0.583. The number of benzene rings is 1. The second kappa shape index (κ2) is 5.03. The van der Waals surface area contributed by atoms with Gasteiger partial charge in [-0.15, -0.1) is 0 Å². The maximum absolute atomic E-state index is 6.14. The van der Waals surface area contributed by atoms with Gasteiger partial charge in [-0.1, -0.05) is 0 Å². The lowest BCUT2D eigenvalue weighted by molar-refractivity contribution is -0.461. The van der Waals surface area contributed by atoms with E-state index in [9.17, 15) is 0 Å². The van der Waals surface area contributed by atoms with E-state index in [4.69, 9.17) is 21.1 Å². The number of nitrogens with zero attached hydrogens (tertiary/aromatic N) is 1. The third kappa shape index (κ3) is 2.63. The van der Waals surface area contributed by atoms with Crippen LogP contribution in [0.5, 0.6) is 11.5 Å². The molecule has 0 atom stereocenters. The molecule has 0 aliphatic rings. The number of methoxy groups -OCH3 is 2. The molecule has 1 rings (SSSR count). The average molecular weight is 229 g/mol. The molecule has 0 radical (unpaired) electrons. The molecule has 15 heavy (non-hydrogen) atoms. The van der Waals surface area contributed by atoms with Crippen LogP contribution in [-0.4, -0.2) is 38.1 Å². The Kier molecular flexibility index (Phi) is 3.97. The normalized spacial score (nSPS) is 9.67. The minimum Gasteiger partial charge on any atom is -0.497 e. The average Bonchev–Trinajstić information content (AvgIpc) is 2.27. The zero-order chi connectivity index (χ0) is 11.4. The van der Waals surface area contributed by atoms with E-state index in [-0.39, 0.29) is 0 Å². The van der Waals surface area contributed by atoms with E-state index in [2.05, 4.69) is 0 Å². The number of ether oxygens (including phenoxy) is 2. The molecule has 0 amide bonds. The Morgan fingerprint density at radius 1 is 1.20 bits per heavy atom. The van der Waals surface area contributed by atoms with Crippen molar-refractivity contribution in [3.05, 3.63) is 23.8 Å². The Hall–Kier alpha value is -1.22. The number of hydrogen-bond acceptors (Lipinski definition) is 2. The Morgan fingerprint density at radius 3 is 2.33 bits per heavy atom. The molecule has 82 valence electrons. The van der Waals surface area contributed by atoms with Gasteiger partial charge in [0.05, 0.1) is 14.2 Å². The van der Waals surface area contributed by atoms with Crippen LogP contribution >= 0.6 is 11.6 Å². The number of halogens is 1. The highest BCUT2D eigenvalue weighted by Crippen LogP contribution is 2.25. The number of hydrogen-bond donors (Lipinski definition) is 0. The molecule has 0 bridgehead atoms. The van der Waals surface area contributed by atoms with Crippen LogP contribution in [0.15, 0.2) is 18.2 Å². The van der Waals surface area contributed by atoms with E-state index >= 15 is 0 Å². The summed E-state index contributed by atoms with van der Waals surface area (Å²) in [6.07, 6.45) is 0. The molecule has 0 aromatic heterocycles. The minimum atomic E-state index is 0.634. The fraction of sp³-hybridized carbons (Fsp3) is 0.364. The lowest BCUT2D eigenvalue weighted by Crippen LogP contribution is -2.09. The van der Waals surface area contributed by atoms with Gasteiger partial charge in [0.25, 0.3) is 5.17 Å². The molecule has 0 heterocycles. The highest BCUT2D eigenvalue weighted by atomic mass is 35.5. The van der Waals surface area contributed by atoms with Crippen molar-refractivity contribution in [3.63, 3.8) is 0 Å². The second-order valence-corrected chi connectivity index (χ2v) is 3.61. The molecule has 4 heteroatoms. The molecular weight excluding hydrogens is 214 g/mol. The summed E-state index contributed by atoms with van der Waals surface area (Å²) in [5.74, 6) is 1.45. The van der Waals surface area contributed by atoms with Crippen LogP contribution in [0.2, 0.25) is 0 Å². The molecule has 0 N–H and O–H groups in total. The summed E-state index contributed by atoms with van der Waals surface area (Å²) in [7, 11) is 6.99. The van der Waals surface area contributed by atoms with Gasteiger partial charge in [-0.05, 0) is 23.7 Å². The number of rotatable bonds is 3. The van der Waals surface area contributed by atoms with Gasteiger partial charge in [0.1, 0.15) is 31.2 Å². The molecule has 0 aliphatic carbocycles. The van der Waals surface area contributed by atoms with Crippen molar-refractivity contribution < 1.29 is 14.0 Å². The molecular formula is C11H15ClNO2+. The first kappa shape index (κ1) is 11.9. The van der Waals surface area contributed by atoms with Crippen molar-refractivity contribution in [1.82, 2.24) is 0 Å². The highest BCUT2D eigenvalue weighted by molar-refractivity contribution is 6.68. The Bertz CT molecular complexity index is 384. The summed E-state index contributed by atoms with van der Waals surface area (Å²) in [5, 5.41) is 0.634. The Morgan fingerprint density at radius 2 is 1.87 bits per heavy atom. The van der Waals surface area contributed by atoms with Gasteiger partial charge in [-0.3, -0.25) is 0 Å². The van der Waals surface area contributed by atoms with Gasteiger partial charge >= 0.3 is 0 Å². The van der Waals surface area contributed by atoms with Gasteiger partial charge in [-0.2, -0.15) is 0 Å². The lowest BCUT2D eigenvalue weighted by Gasteiger charge is -2.07. The third-order valence-electron chi connectivity index (χ3n) is 2.02. The van der Waals surface area contributed by atoms with Crippen LogP contribution < -0.4 is 9.47 Å². The SMILES string of the molecule is COc1ccc(C(Cl)=[N+](C)C)c(OC)c1. The molecule has 0 aliphatic heterocycles. The van der Waals surface area contributed by atoms with Crippen molar-refractivity contribution in [3.8, 4) is 11.5 Å². The van der Waals surface area contributed by atoms with Crippen molar-refractivity contribution in [1.29, 1.82) is 0 Å². The summed E-state index contributed by atoms with van der Waals surface area (Å²) >= 11 is 6.14. The monoisotopic (exact) mass is 228 g/mol. The Balaban J connectivity index is 3.25. The molecule has 0 unspecified atom stereocenters. The summed E-state index contributed by atoms with van der Waals surface area (Å²) in [6, 6.07) is 5.53. The van der Waals surface area contributed by atoms with Crippen LogP contribution in [0, 0.1) is 0 Å². The molecule has 0 saturated heterocycles. The van der Waals surface area contributed by atoms with E-state index < -0.39 is 0 Å². The van der Waals surface area contributed by atoms with Crippen LogP contribution in [0.3, 0.4) is 0 Å². The minimum absolute atomic E-state index is 0.634. The van der Waals surface area contributed by atoms with Crippen LogP contribution in [0.4, 0.5) is 0 Å². The van der Waals surface area contributed by atoms with Crippen molar-refractivity contribution in [2.45, 2.75) is 0 Å². The fourth-order valence-corrected chi connectivity index (χ4v) is 1.37. The maximum atomic E-state index is 6.14. The van der Waals surface area contributed by atoms with Crippen LogP contribution in [0.1, 0.15) is 5.56 Å². The van der Waals surface area contributed by atoms with Gasteiger partial charge < -0.3 is 9.47 Å². The first-order valence-corrected chi connectivity index (χ1v) is 4.90. The molecule has 3 nitrogen and oxygen atoms in total. The first-order valence-electron chi connectivity index (χ1n) is 4.52. The maximum Gasteiger partial charge on any atom is 0.280 e. The second-order valence-electron chi connectivity index (χ2n) is 3.25. The smallest absolute Gasteiger partial charge is 0.280 e. The fourth-order valence-electron chi connectivity index (χ4n) is 1.21. The molecule has 0 fully saturated rings. The van der Waals surface area contributed by atoms with E-state index in [1.807, 2.05) is 30.8 Å². The molecule has 1 aromatic carbocycles. The summed E-state index contributed by atoms with van der Waals surface area (Å²) in [6.45, 7) is 0. The van der Waals surface area contributed by atoms with Crippen molar-refractivity contribution >= 4 is 16.8 Å². The van der Waals surface area contributed by atoms with Gasteiger partial charge in [0.2, 0.25) is 0 Å². The van der Waals surface area contributed by atoms with E-state index in [0.717, 1.165) is 11.3 Å². The van der Waals surface area contributed by atoms with Crippen molar-refractivity contribution in [2.24, 2.45) is 0 Å². The molecule has 0 spiro atoms. The van der Waals surface area contributed by atoms with Crippen molar-refractivity contribution in [2.75, 3.05) is 28.3 Å². The summed E-state index contributed by atoms with van der Waals surface area (Å²) in [4.78, 5) is 0. The van der Waals surface area contributed by atoms with Gasteiger partial charge in [-0.25, -0.2) is 4.58 Å². The van der Waals surface area contributed by atoms with E-state index in [1.54, 1.807) is 20.3 Å².